The summed E-state index contributed by atoms with van der Waals surface area (Å²) in [7, 11) is -4.03. The molecule has 0 unspecified atom stereocenters. The minimum absolute atomic E-state index is 0.0513. The van der Waals surface area contributed by atoms with Gasteiger partial charge in [0.2, 0.25) is 9.84 Å². The number of nitrogens with one attached hydrogen (secondary N) is 2. The second kappa shape index (κ2) is 12.8. The van der Waals surface area contributed by atoms with Crippen molar-refractivity contribution in [2.24, 2.45) is 0 Å². The Balaban J connectivity index is 1.38. The van der Waals surface area contributed by atoms with Gasteiger partial charge in [-0.25, -0.2) is 13.2 Å². The van der Waals surface area contributed by atoms with Crippen LogP contribution >= 0.6 is 23.2 Å². The van der Waals surface area contributed by atoms with Gasteiger partial charge < -0.3 is 10.1 Å². The lowest BCUT2D eigenvalue weighted by atomic mass is 10.1. The lowest BCUT2D eigenvalue weighted by molar-refractivity contribution is -0.137. The maximum Gasteiger partial charge on any atom is 0.417 e. The molecule has 0 fully saturated rings. The predicted molar refractivity (Wildman–Crippen MR) is 165 cm³/mol. The van der Waals surface area contributed by atoms with Gasteiger partial charge in [-0.1, -0.05) is 54.6 Å². The first-order chi connectivity index (χ1) is 21.4. The molecule has 2 N–H and O–H groups in total. The van der Waals surface area contributed by atoms with Crippen LogP contribution in [0.1, 0.15) is 26.3 Å². The third-order valence-electron chi connectivity index (χ3n) is 6.59. The van der Waals surface area contributed by atoms with Gasteiger partial charge in [0.05, 0.1) is 20.9 Å². The molecule has 3 amide bonds. The van der Waals surface area contributed by atoms with Crippen LogP contribution in [0.2, 0.25) is 0 Å². The summed E-state index contributed by atoms with van der Waals surface area (Å²) < 4.78 is 73.2. The summed E-state index contributed by atoms with van der Waals surface area (Å²) in [4.78, 5) is 23.5. The highest BCUT2D eigenvalue weighted by atomic mass is 35.5. The molecule has 0 saturated carbocycles. The lowest BCUT2D eigenvalue weighted by Crippen LogP contribution is -2.35. The zero-order valence-corrected chi connectivity index (χ0v) is 25.1. The summed E-state index contributed by atoms with van der Waals surface area (Å²) in [5.74, 6) is -0.685. The number of fused-ring (bicyclic) bond motifs is 1. The lowest BCUT2D eigenvalue weighted by Gasteiger charge is -2.18. The predicted octanol–water partition coefficient (Wildman–Crippen LogP) is 8.92. The standard InChI is InChI=1S/C32H21Cl2F3N2O5S/c33-29(34)25-18-27(22-10-4-5-11-23(22)28(25)45(42,43)21-8-2-1-3-9-21)44-20-16-14-19(15-17-20)38-31(41)39-30(40)24-12-6-7-13-26(24)32(35,36)37/h1-18,29H,(H2,38,39,40,41). The topological polar surface area (TPSA) is 102 Å². The van der Waals surface area contributed by atoms with Crippen LogP contribution in [0.3, 0.4) is 0 Å². The fourth-order valence-corrected chi connectivity index (χ4v) is 6.77. The van der Waals surface area contributed by atoms with Crippen molar-refractivity contribution < 1.29 is 35.9 Å². The van der Waals surface area contributed by atoms with Crippen LogP contribution < -0.4 is 15.4 Å². The number of halogens is 5. The first-order valence-corrected chi connectivity index (χ1v) is 15.4. The zero-order chi connectivity index (χ0) is 32.4. The van der Waals surface area contributed by atoms with Crippen molar-refractivity contribution in [1.29, 1.82) is 0 Å². The number of rotatable bonds is 7. The van der Waals surface area contributed by atoms with Crippen molar-refractivity contribution in [1.82, 2.24) is 5.32 Å². The molecule has 0 aliphatic heterocycles. The third kappa shape index (κ3) is 6.90. The van der Waals surface area contributed by atoms with Gasteiger partial charge in [0.1, 0.15) is 16.3 Å². The Kier molecular flexibility index (Phi) is 9.06. The summed E-state index contributed by atoms with van der Waals surface area (Å²) in [6, 6.07) is 24.9. The Labute approximate surface area is 265 Å². The van der Waals surface area contributed by atoms with E-state index in [0.717, 1.165) is 18.2 Å². The molecular formula is C32H21Cl2F3N2O5S. The summed E-state index contributed by atoms with van der Waals surface area (Å²) in [5.41, 5.74) is -1.56. The Morgan fingerprint density at radius 3 is 2.02 bits per heavy atom. The van der Waals surface area contributed by atoms with Crippen molar-refractivity contribution in [2.45, 2.75) is 20.8 Å². The number of imide groups is 1. The highest BCUT2D eigenvalue weighted by molar-refractivity contribution is 7.91. The third-order valence-corrected chi connectivity index (χ3v) is 8.94. The van der Waals surface area contributed by atoms with Crippen LogP contribution in [0, 0.1) is 0 Å². The van der Waals surface area contributed by atoms with E-state index in [0.29, 0.717) is 10.8 Å². The van der Waals surface area contributed by atoms with Crippen molar-refractivity contribution >= 4 is 61.4 Å². The highest BCUT2D eigenvalue weighted by Crippen LogP contribution is 2.43. The van der Waals surface area contributed by atoms with E-state index in [1.165, 1.54) is 48.5 Å². The number of ether oxygens (including phenoxy) is 1. The number of benzene rings is 5. The van der Waals surface area contributed by atoms with Gasteiger partial charge in [0, 0.05) is 22.0 Å². The van der Waals surface area contributed by atoms with Crippen LogP contribution in [-0.2, 0) is 16.0 Å². The van der Waals surface area contributed by atoms with Crippen molar-refractivity contribution in [2.75, 3.05) is 5.32 Å². The quantitative estimate of drug-likeness (QED) is 0.168. The molecule has 5 aromatic rings. The smallest absolute Gasteiger partial charge is 0.417 e. The van der Waals surface area contributed by atoms with Crippen LogP contribution in [0.4, 0.5) is 23.7 Å². The molecule has 0 atom stereocenters. The van der Waals surface area contributed by atoms with Gasteiger partial charge in [-0.3, -0.25) is 10.1 Å². The Bertz CT molecular complexity index is 2000. The average molecular weight is 673 g/mol. The highest BCUT2D eigenvalue weighted by Gasteiger charge is 2.35. The van der Waals surface area contributed by atoms with Gasteiger partial charge >= 0.3 is 12.2 Å². The number of carbonyl (C=O) groups is 2. The number of carbonyl (C=O) groups excluding carboxylic acids is 2. The number of anilines is 1. The van der Waals surface area contributed by atoms with Gasteiger partial charge in [0.15, 0.2) is 0 Å². The molecule has 0 aromatic heterocycles. The van der Waals surface area contributed by atoms with E-state index in [2.05, 4.69) is 5.32 Å². The molecule has 0 saturated heterocycles. The molecule has 7 nitrogen and oxygen atoms in total. The maximum absolute atomic E-state index is 13.7. The Hall–Kier alpha value is -4.58. The fourth-order valence-electron chi connectivity index (χ4n) is 4.59. The van der Waals surface area contributed by atoms with Crippen molar-refractivity contribution in [3.8, 4) is 11.5 Å². The number of hydrogen-bond acceptors (Lipinski definition) is 5. The van der Waals surface area contributed by atoms with E-state index in [1.54, 1.807) is 42.5 Å². The molecule has 5 rings (SSSR count). The Morgan fingerprint density at radius 2 is 1.38 bits per heavy atom. The van der Waals surface area contributed by atoms with Gasteiger partial charge in [0.25, 0.3) is 5.91 Å². The van der Waals surface area contributed by atoms with E-state index >= 15 is 0 Å². The van der Waals surface area contributed by atoms with E-state index in [9.17, 15) is 31.2 Å². The van der Waals surface area contributed by atoms with E-state index in [1.807, 2.05) is 5.32 Å². The molecule has 0 bridgehead atoms. The molecule has 0 aliphatic rings. The van der Waals surface area contributed by atoms with E-state index in [4.69, 9.17) is 27.9 Å². The normalized spacial score (nSPS) is 11.8. The van der Waals surface area contributed by atoms with Crippen molar-refractivity contribution in [3.05, 3.63) is 126 Å². The average Bonchev–Trinajstić information content (AvgIpc) is 3.01. The molecule has 13 heteroatoms. The van der Waals surface area contributed by atoms with Crippen LogP contribution in [0.5, 0.6) is 11.5 Å². The summed E-state index contributed by atoms with van der Waals surface area (Å²) in [5, 5.41) is 5.06. The minimum atomic E-state index is -4.78. The number of amides is 3. The second-order valence-corrected chi connectivity index (χ2v) is 12.5. The molecule has 0 spiro atoms. The SMILES string of the molecule is O=C(NC(=O)c1ccccc1C(F)(F)F)Nc1ccc(Oc2cc(C(Cl)Cl)c(S(=O)(=O)c3ccccc3)c3ccccc23)cc1. The molecular weight excluding hydrogens is 652 g/mol. The molecule has 0 heterocycles. The van der Waals surface area contributed by atoms with Gasteiger partial charge in [-0.2, -0.15) is 13.2 Å². The maximum atomic E-state index is 13.7. The number of alkyl halides is 5. The zero-order valence-electron chi connectivity index (χ0n) is 22.8. The van der Waals surface area contributed by atoms with E-state index < -0.39 is 43.9 Å². The van der Waals surface area contributed by atoms with Crippen molar-refractivity contribution in [3.63, 3.8) is 0 Å². The second-order valence-electron chi connectivity index (χ2n) is 9.53. The number of hydrogen-bond donors (Lipinski definition) is 2. The Morgan fingerprint density at radius 1 is 0.778 bits per heavy atom. The van der Waals surface area contributed by atoms with E-state index in [-0.39, 0.29) is 32.5 Å². The summed E-state index contributed by atoms with van der Waals surface area (Å²) in [6.45, 7) is 0. The van der Waals surface area contributed by atoms with Crippen LogP contribution in [0.25, 0.3) is 10.8 Å². The number of urea groups is 1. The first kappa shape index (κ1) is 31.8. The summed E-state index contributed by atoms with van der Waals surface area (Å²) in [6.07, 6.45) is -4.78. The van der Waals surface area contributed by atoms with Crippen LogP contribution in [-0.4, -0.2) is 20.4 Å². The molecule has 0 aliphatic carbocycles. The molecule has 0 radical (unpaired) electrons. The molecule has 5 aromatic carbocycles. The fraction of sp³-hybridized carbons (Fsp3) is 0.0625. The molecule has 45 heavy (non-hydrogen) atoms. The minimum Gasteiger partial charge on any atom is -0.457 e. The van der Waals surface area contributed by atoms with Crippen LogP contribution in [0.15, 0.2) is 119 Å². The monoisotopic (exact) mass is 672 g/mol. The summed E-state index contributed by atoms with van der Waals surface area (Å²) >= 11 is 12.5. The largest absolute Gasteiger partial charge is 0.457 e. The number of sulfone groups is 1. The van der Waals surface area contributed by atoms with Gasteiger partial charge in [-0.15, -0.1) is 23.2 Å². The van der Waals surface area contributed by atoms with Gasteiger partial charge in [-0.05, 0) is 54.6 Å². The first-order valence-electron chi connectivity index (χ1n) is 13.1. The molecule has 230 valence electrons.